The highest BCUT2D eigenvalue weighted by Crippen LogP contribution is 2.40. The Morgan fingerprint density at radius 1 is 1.07 bits per heavy atom. The minimum absolute atomic E-state index is 0.0124. The van der Waals surface area contributed by atoms with Gasteiger partial charge in [0, 0.05) is 46.2 Å². The molecule has 9 nitrogen and oxygen atoms in total. The topological polar surface area (TPSA) is 111 Å². The predicted octanol–water partition coefficient (Wildman–Crippen LogP) is 4.33. The lowest BCUT2D eigenvalue weighted by Gasteiger charge is -2.44. The van der Waals surface area contributed by atoms with Crippen LogP contribution in [0, 0.1) is 0 Å². The van der Waals surface area contributed by atoms with Crippen LogP contribution < -0.4 is 15.4 Å². The summed E-state index contributed by atoms with van der Waals surface area (Å²) < 4.78 is 5.39. The number of aliphatic hydroxyl groups is 1. The number of anilines is 1. The molecule has 1 aliphatic rings. The van der Waals surface area contributed by atoms with E-state index >= 15 is 0 Å². The SMILES string of the molecule is COc1cc(NC(C)=O)c(Cl)cc1C(=O)N[C@@H]1CCN(C(C)CC(C(=O)N(C)C)(c2ccccc2)c2ccccc2)C[C@H]1O. The molecule has 10 heteroatoms. The zero-order valence-corrected chi connectivity index (χ0v) is 26.6. The number of nitrogens with one attached hydrogen (secondary N) is 2. The van der Waals surface area contributed by atoms with Gasteiger partial charge < -0.3 is 25.4 Å². The highest BCUT2D eigenvalue weighted by Gasteiger charge is 2.45. The molecule has 0 aromatic heterocycles. The monoisotopic (exact) mass is 620 g/mol. The van der Waals surface area contributed by atoms with Gasteiger partial charge in [0.2, 0.25) is 11.8 Å². The number of hydrogen-bond donors (Lipinski definition) is 3. The van der Waals surface area contributed by atoms with Gasteiger partial charge in [-0.25, -0.2) is 0 Å². The van der Waals surface area contributed by atoms with Crippen LogP contribution in [-0.4, -0.2) is 85.1 Å². The molecule has 234 valence electrons. The second-order valence-electron chi connectivity index (χ2n) is 11.5. The Bertz CT molecular complexity index is 1430. The van der Waals surface area contributed by atoms with Crippen LogP contribution in [0.2, 0.25) is 5.02 Å². The number of likely N-dealkylation sites (tertiary alicyclic amines) is 1. The molecule has 0 saturated carbocycles. The maximum Gasteiger partial charge on any atom is 0.255 e. The zero-order chi connectivity index (χ0) is 32.0. The van der Waals surface area contributed by atoms with Gasteiger partial charge >= 0.3 is 0 Å². The highest BCUT2D eigenvalue weighted by atomic mass is 35.5. The van der Waals surface area contributed by atoms with Crippen LogP contribution in [0.5, 0.6) is 5.75 Å². The quantitative estimate of drug-likeness (QED) is 0.311. The van der Waals surface area contributed by atoms with E-state index in [1.54, 1.807) is 19.0 Å². The summed E-state index contributed by atoms with van der Waals surface area (Å²) in [5.74, 6) is -0.500. The normalized spacial score (nSPS) is 17.8. The first-order valence-electron chi connectivity index (χ1n) is 14.7. The Balaban J connectivity index is 1.53. The molecule has 3 N–H and O–H groups in total. The minimum Gasteiger partial charge on any atom is -0.496 e. The Labute approximate surface area is 264 Å². The van der Waals surface area contributed by atoms with Gasteiger partial charge in [0.15, 0.2) is 0 Å². The van der Waals surface area contributed by atoms with Crippen molar-refractivity contribution in [3.05, 3.63) is 94.5 Å². The Morgan fingerprint density at radius 2 is 1.66 bits per heavy atom. The fourth-order valence-electron chi connectivity index (χ4n) is 6.09. The number of piperidine rings is 1. The van der Waals surface area contributed by atoms with Crippen molar-refractivity contribution in [3.8, 4) is 5.75 Å². The molecule has 3 aromatic carbocycles. The van der Waals surface area contributed by atoms with Crippen LogP contribution in [0.1, 0.15) is 48.2 Å². The third-order valence-electron chi connectivity index (χ3n) is 8.30. The number of β-amino-alcohol motifs (C(OH)–C–C–N with tert-alkyl or cyclic N) is 1. The number of likely N-dealkylation sites (N-methyl/N-ethyl adjacent to an activating group) is 1. The fourth-order valence-corrected chi connectivity index (χ4v) is 6.30. The number of amides is 3. The molecular weight excluding hydrogens is 580 g/mol. The average Bonchev–Trinajstić information content (AvgIpc) is 3.01. The fraction of sp³-hybridized carbons (Fsp3) is 0.382. The summed E-state index contributed by atoms with van der Waals surface area (Å²) in [6.45, 7) is 4.37. The van der Waals surface area contributed by atoms with Gasteiger partial charge in [0.05, 0.1) is 35.5 Å². The highest BCUT2D eigenvalue weighted by molar-refractivity contribution is 6.34. The second-order valence-corrected chi connectivity index (χ2v) is 11.9. The molecule has 3 atom stereocenters. The summed E-state index contributed by atoms with van der Waals surface area (Å²) in [7, 11) is 4.99. The van der Waals surface area contributed by atoms with E-state index in [0.29, 0.717) is 31.6 Å². The molecule has 0 bridgehead atoms. The van der Waals surface area contributed by atoms with Crippen LogP contribution in [0.3, 0.4) is 0 Å². The van der Waals surface area contributed by atoms with Gasteiger partial charge in [0.1, 0.15) is 11.2 Å². The van der Waals surface area contributed by atoms with Crippen LogP contribution in [0.25, 0.3) is 0 Å². The molecule has 0 spiro atoms. The molecule has 3 amide bonds. The van der Waals surface area contributed by atoms with E-state index in [4.69, 9.17) is 16.3 Å². The molecule has 1 unspecified atom stereocenters. The first kappa shape index (κ1) is 33.0. The van der Waals surface area contributed by atoms with E-state index in [1.807, 2.05) is 60.7 Å². The third kappa shape index (κ3) is 7.07. The van der Waals surface area contributed by atoms with Gasteiger partial charge in [0.25, 0.3) is 5.91 Å². The predicted molar refractivity (Wildman–Crippen MR) is 172 cm³/mol. The summed E-state index contributed by atoms with van der Waals surface area (Å²) in [6.07, 6.45) is 0.156. The second kappa shape index (κ2) is 14.2. The summed E-state index contributed by atoms with van der Waals surface area (Å²) >= 11 is 6.32. The summed E-state index contributed by atoms with van der Waals surface area (Å²) in [4.78, 5) is 42.7. The summed E-state index contributed by atoms with van der Waals surface area (Å²) in [5.41, 5.74) is 1.44. The molecule has 1 fully saturated rings. The van der Waals surface area contributed by atoms with Crippen molar-refractivity contribution in [2.45, 2.75) is 50.3 Å². The lowest BCUT2D eigenvalue weighted by atomic mass is 9.69. The molecule has 0 aliphatic carbocycles. The van der Waals surface area contributed by atoms with Gasteiger partial charge in [-0.05, 0) is 37.0 Å². The van der Waals surface area contributed by atoms with Crippen molar-refractivity contribution < 1.29 is 24.2 Å². The van der Waals surface area contributed by atoms with Gasteiger partial charge in [-0.15, -0.1) is 0 Å². The number of carbonyl (C=O) groups is 3. The Morgan fingerprint density at radius 3 is 2.16 bits per heavy atom. The Kier molecular flexibility index (Phi) is 10.7. The van der Waals surface area contributed by atoms with E-state index < -0.39 is 23.5 Å². The lowest BCUT2D eigenvalue weighted by Crippen LogP contribution is -2.57. The minimum atomic E-state index is -0.930. The zero-order valence-electron chi connectivity index (χ0n) is 25.8. The average molecular weight is 621 g/mol. The van der Waals surface area contributed by atoms with Crippen molar-refractivity contribution in [3.63, 3.8) is 0 Å². The molecule has 4 rings (SSSR count). The van der Waals surface area contributed by atoms with Gasteiger partial charge in [-0.1, -0.05) is 72.3 Å². The third-order valence-corrected chi connectivity index (χ3v) is 8.62. The van der Waals surface area contributed by atoms with Crippen LogP contribution >= 0.6 is 11.6 Å². The van der Waals surface area contributed by atoms with Gasteiger partial charge in [-0.3, -0.25) is 19.3 Å². The summed E-state index contributed by atoms with van der Waals surface area (Å²) in [6, 6.07) is 22.1. The first-order chi connectivity index (χ1) is 21.0. The number of carbonyl (C=O) groups excluding carboxylic acids is 3. The molecule has 1 saturated heterocycles. The summed E-state index contributed by atoms with van der Waals surface area (Å²) in [5, 5.41) is 17.0. The van der Waals surface area contributed by atoms with E-state index in [1.165, 1.54) is 26.2 Å². The van der Waals surface area contributed by atoms with Crippen molar-refractivity contribution in [2.75, 3.05) is 39.6 Å². The van der Waals surface area contributed by atoms with Crippen molar-refractivity contribution in [1.29, 1.82) is 0 Å². The standard InChI is InChI=1S/C34H41ClN4O5/c1-22(20-34(33(43)38(3)4,24-12-8-6-9-13-24)25-14-10-7-11-15-25)39-17-16-28(30(41)21-39)37-32(42)26-18-27(35)29(36-23(2)40)19-31(26)44-5/h6-15,18-19,22,28,30,41H,16-17,20-21H2,1-5H3,(H,36,40)(H,37,42)/t22?,28-,30-/m1/s1. The van der Waals surface area contributed by atoms with E-state index in [0.717, 1.165) is 11.1 Å². The molecular formula is C34H41ClN4O5. The number of nitrogens with zero attached hydrogens (tertiary/aromatic N) is 2. The maximum atomic E-state index is 14.1. The van der Waals surface area contributed by atoms with E-state index in [9.17, 15) is 19.5 Å². The first-order valence-corrected chi connectivity index (χ1v) is 15.1. The molecule has 1 heterocycles. The van der Waals surface area contributed by atoms with E-state index in [-0.39, 0.29) is 34.2 Å². The number of hydrogen-bond acceptors (Lipinski definition) is 6. The maximum absolute atomic E-state index is 14.1. The van der Waals surface area contributed by atoms with Crippen LogP contribution in [0.15, 0.2) is 72.8 Å². The molecule has 44 heavy (non-hydrogen) atoms. The van der Waals surface area contributed by atoms with Crippen LogP contribution in [-0.2, 0) is 15.0 Å². The number of methoxy groups -OCH3 is 1. The van der Waals surface area contributed by atoms with Crippen molar-refractivity contribution >= 4 is 35.0 Å². The smallest absolute Gasteiger partial charge is 0.255 e. The van der Waals surface area contributed by atoms with Gasteiger partial charge in [-0.2, -0.15) is 0 Å². The number of rotatable bonds is 10. The van der Waals surface area contributed by atoms with E-state index in [2.05, 4.69) is 22.5 Å². The number of halogens is 1. The van der Waals surface area contributed by atoms with Crippen molar-refractivity contribution in [1.82, 2.24) is 15.1 Å². The van der Waals surface area contributed by atoms with Crippen molar-refractivity contribution in [2.24, 2.45) is 0 Å². The molecule has 3 aromatic rings. The number of benzene rings is 3. The lowest BCUT2D eigenvalue weighted by molar-refractivity contribution is -0.134. The number of ether oxygens (including phenoxy) is 1. The molecule has 0 radical (unpaired) electrons. The van der Waals surface area contributed by atoms with Crippen LogP contribution in [0.4, 0.5) is 5.69 Å². The number of aliphatic hydroxyl groups excluding tert-OH is 1. The largest absolute Gasteiger partial charge is 0.496 e. The Hall–Kier alpha value is -3.92. The molecule has 1 aliphatic heterocycles.